The summed E-state index contributed by atoms with van der Waals surface area (Å²) in [6, 6.07) is 0. The lowest BCUT2D eigenvalue weighted by Crippen LogP contribution is -2.08. The van der Waals surface area contributed by atoms with Gasteiger partial charge in [0.1, 0.15) is 11.6 Å². The highest BCUT2D eigenvalue weighted by Crippen LogP contribution is 2.38. The molecule has 0 atom stereocenters. The van der Waals surface area contributed by atoms with Crippen molar-refractivity contribution in [2.45, 2.75) is 45.4 Å². The number of hydrogen-bond donors (Lipinski definition) is 1. The first-order chi connectivity index (χ1) is 10.1. The Morgan fingerprint density at radius 1 is 1.19 bits per heavy atom. The van der Waals surface area contributed by atoms with Gasteiger partial charge in [-0.25, -0.2) is 9.97 Å². The van der Waals surface area contributed by atoms with Crippen molar-refractivity contribution in [1.29, 1.82) is 0 Å². The van der Waals surface area contributed by atoms with Crippen LogP contribution < -0.4 is 5.32 Å². The molecule has 1 aliphatic rings. The molecular weight excluding hydrogens is 379 g/mol. The summed E-state index contributed by atoms with van der Waals surface area (Å²) in [5.41, 5.74) is 2.93. The predicted octanol–water partition coefficient (Wildman–Crippen LogP) is 4.05. The van der Waals surface area contributed by atoms with Gasteiger partial charge in [0, 0.05) is 13.0 Å². The van der Waals surface area contributed by atoms with Crippen LogP contribution in [0.4, 0.5) is 5.82 Å². The van der Waals surface area contributed by atoms with E-state index in [0.717, 1.165) is 32.2 Å². The number of nitrogens with one attached hydrogen (secondary N) is 1. The maximum Gasteiger partial charge on any atom is 0.167 e. The van der Waals surface area contributed by atoms with Crippen LogP contribution in [0.3, 0.4) is 0 Å². The van der Waals surface area contributed by atoms with Crippen LogP contribution in [-0.4, -0.2) is 22.2 Å². The zero-order valence-electron chi connectivity index (χ0n) is 12.5. The highest BCUT2D eigenvalue weighted by atomic mass is 127. The lowest BCUT2D eigenvalue weighted by molar-refractivity contribution is 0.393. The molecular formula is C15H19IN4O. The summed E-state index contributed by atoms with van der Waals surface area (Å²) >= 11 is 2.36. The Morgan fingerprint density at radius 3 is 2.48 bits per heavy atom. The molecule has 0 unspecified atom stereocenters. The van der Waals surface area contributed by atoms with Crippen LogP contribution in [0.2, 0.25) is 0 Å². The second-order valence-electron chi connectivity index (χ2n) is 5.53. The molecule has 0 saturated heterocycles. The normalized spacial score (nSPS) is 15.6. The number of halogens is 1. The Balaban J connectivity index is 2.15. The van der Waals surface area contributed by atoms with Gasteiger partial charge >= 0.3 is 0 Å². The van der Waals surface area contributed by atoms with E-state index in [4.69, 9.17) is 9.51 Å². The standard InChI is InChI=1S/C15H19IN4O/c1-8-11(9(2)21-20-8)14-18-13(10-6-4-5-7-10)12(16)15(17-3)19-14/h10H,4-7H2,1-3H3,(H,17,18,19). The zero-order chi connectivity index (χ0) is 15.0. The first kappa shape index (κ1) is 14.7. The predicted molar refractivity (Wildman–Crippen MR) is 90.5 cm³/mol. The highest BCUT2D eigenvalue weighted by Gasteiger charge is 2.25. The molecule has 5 nitrogen and oxygen atoms in total. The second-order valence-corrected chi connectivity index (χ2v) is 6.60. The van der Waals surface area contributed by atoms with Crippen LogP contribution >= 0.6 is 22.6 Å². The Bertz CT molecular complexity index is 642. The fourth-order valence-electron chi connectivity index (χ4n) is 3.01. The van der Waals surface area contributed by atoms with E-state index >= 15 is 0 Å². The number of aromatic nitrogens is 3. The van der Waals surface area contributed by atoms with Gasteiger partial charge in [-0.05, 0) is 49.3 Å². The maximum atomic E-state index is 5.27. The van der Waals surface area contributed by atoms with Crippen LogP contribution in [0.25, 0.3) is 11.4 Å². The van der Waals surface area contributed by atoms with Crippen molar-refractivity contribution >= 4 is 28.4 Å². The lowest BCUT2D eigenvalue weighted by atomic mass is 10.0. The van der Waals surface area contributed by atoms with Gasteiger partial charge in [-0.15, -0.1) is 0 Å². The third kappa shape index (κ3) is 2.65. The van der Waals surface area contributed by atoms with Crippen LogP contribution in [0.1, 0.15) is 48.7 Å². The average Bonchev–Trinajstić information content (AvgIpc) is 3.10. The Hall–Kier alpha value is -1.18. The van der Waals surface area contributed by atoms with E-state index in [1.807, 2.05) is 20.9 Å². The van der Waals surface area contributed by atoms with Crippen LogP contribution in [0.5, 0.6) is 0 Å². The van der Waals surface area contributed by atoms with Crippen molar-refractivity contribution in [3.63, 3.8) is 0 Å². The van der Waals surface area contributed by atoms with Crippen molar-refractivity contribution in [3.8, 4) is 11.4 Å². The first-order valence-electron chi connectivity index (χ1n) is 7.30. The first-order valence-corrected chi connectivity index (χ1v) is 8.38. The minimum atomic E-state index is 0.547. The molecule has 0 aliphatic heterocycles. The SMILES string of the molecule is CNc1nc(-c2c(C)noc2C)nc(C2CCCC2)c1I. The summed E-state index contributed by atoms with van der Waals surface area (Å²) in [6.07, 6.45) is 5.02. The molecule has 0 amide bonds. The van der Waals surface area contributed by atoms with Crippen molar-refractivity contribution in [2.24, 2.45) is 0 Å². The number of rotatable bonds is 3. The molecule has 1 fully saturated rings. The fourth-order valence-corrected chi connectivity index (χ4v) is 3.97. The summed E-state index contributed by atoms with van der Waals surface area (Å²) in [5.74, 6) is 2.93. The highest BCUT2D eigenvalue weighted by molar-refractivity contribution is 14.1. The monoisotopic (exact) mass is 398 g/mol. The van der Waals surface area contributed by atoms with E-state index in [1.165, 1.54) is 31.4 Å². The van der Waals surface area contributed by atoms with Crippen molar-refractivity contribution < 1.29 is 4.52 Å². The Morgan fingerprint density at radius 2 is 1.90 bits per heavy atom. The van der Waals surface area contributed by atoms with E-state index < -0.39 is 0 Å². The summed E-state index contributed by atoms with van der Waals surface area (Å²) in [6.45, 7) is 3.84. The summed E-state index contributed by atoms with van der Waals surface area (Å²) in [5, 5.41) is 7.21. The molecule has 0 aromatic carbocycles. The zero-order valence-corrected chi connectivity index (χ0v) is 14.7. The molecule has 6 heteroatoms. The van der Waals surface area contributed by atoms with E-state index in [-0.39, 0.29) is 0 Å². The fraction of sp³-hybridized carbons (Fsp3) is 0.533. The molecule has 0 bridgehead atoms. The van der Waals surface area contributed by atoms with Gasteiger partial charge in [-0.2, -0.15) is 0 Å². The summed E-state index contributed by atoms with van der Waals surface area (Å²) in [7, 11) is 1.90. The van der Waals surface area contributed by atoms with E-state index in [2.05, 4.69) is 38.0 Å². The smallest absolute Gasteiger partial charge is 0.167 e. The molecule has 1 saturated carbocycles. The van der Waals surface area contributed by atoms with Gasteiger partial charge in [0.15, 0.2) is 5.82 Å². The van der Waals surface area contributed by atoms with Crippen molar-refractivity contribution in [1.82, 2.24) is 15.1 Å². The molecule has 1 N–H and O–H groups in total. The molecule has 2 aromatic heterocycles. The van der Waals surface area contributed by atoms with Gasteiger partial charge in [0.25, 0.3) is 0 Å². The third-order valence-corrected chi connectivity index (χ3v) is 5.18. The van der Waals surface area contributed by atoms with Crippen LogP contribution in [0.15, 0.2) is 4.52 Å². The number of aryl methyl sites for hydroxylation is 2. The molecule has 2 aromatic rings. The molecule has 21 heavy (non-hydrogen) atoms. The molecule has 112 valence electrons. The Labute approximate surface area is 138 Å². The Kier molecular flexibility index (Phi) is 4.14. The van der Waals surface area contributed by atoms with Gasteiger partial charge in [-0.1, -0.05) is 18.0 Å². The topological polar surface area (TPSA) is 63.8 Å². The molecule has 0 radical (unpaired) electrons. The molecule has 2 heterocycles. The lowest BCUT2D eigenvalue weighted by Gasteiger charge is -2.15. The molecule has 3 rings (SSSR count). The average molecular weight is 398 g/mol. The number of nitrogens with zero attached hydrogens (tertiary/aromatic N) is 3. The summed E-state index contributed by atoms with van der Waals surface area (Å²) < 4.78 is 6.40. The largest absolute Gasteiger partial charge is 0.372 e. The summed E-state index contributed by atoms with van der Waals surface area (Å²) in [4.78, 5) is 9.53. The van der Waals surface area contributed by atoms with Crippen molar-refractivity contribution in [3.05, 3.63) is 20.7 Å². The van der Waals surface area contributed by atoms with E-state index in [1.54, 1.807) is 0 Å². The van der Waals surface area contributed by atoms with Gasteiger partial charge in [-0.3, -0.25) is 0 Å². The minimum Gasteiger partial charge on any atom is -0.372 e. The van der Waals surface area contributed by atoms with Gasteiger partial charge < -0.3 is 9.84 Å². The quantitative estimate of drug-likeness (QED) is 0.791. The molecule has 1 aliphatic carbocycles. The van der Waals surface area contributed by atoms with Gasteiger partial charge in [0.05, 0.1) is 20.5 Å². The maximum absolute atomic E-state index is 5.27. The number of anilines is 1. The van der Waals surface area contributed by atoms with Gasteiger partial charge in [0.2, 0.25) is 0 Å². The third-order valence-electron chi connectivity index (χ3n) is 4.11. The van der Waals surface area contributed by atoms with E-state index in [0.29, 0.717) is 5.92 Å². The van der Waals surface area contributed by atoms with Crippen LogP contribution in [-0.2, 0) is 0 Å². The second kappa shape index (κ2) is 5.90. The van der Waals surface area contributed by atoms with Crippen molar-refractivity contribution in [2.75, 3.05) is 12.4 Å². The van der Waals surface area contributed by atoms with Crippen LogP contribution in [0, 0.1) is 17.4 Å². The number of hydrogen-bond acceptors (Lipinski definition) is 5. The molecule has 0 spiro atoms. The minimum absolute atomic E-state index is 0.547. The van der Waals surface area contributed by atoms with E-state index in [9.17, 15) is 0 Å².